The van der Waals surface area contributed by atoms with Crippen LogP contribution >= 0.6 is 11.3 Å². The lowest BCUT2D eigenvalue weighted by Crippen LogP contribution is -2.05. The summed E-state index contributed by atoms with van der Waals surface area (Å²) in [5.41, 5.74) is 7.13. The molecular weight excluding hydrogens is 284 g/mol. The Balaban J connectivity index is 2.07. The summed E-state index contributed by atoms with van der Waals surface area (Å²) >= 11 is 1.64. The molecule has 21 heavy (non-hydrogen) atoms. The first-order valence-corrected chi connectivity index (χ1v) is 7.96. The molecule has 114 valence electrons. The van der Waals surface area contributed by atoms with E-state index in [1.807, 2.05) is 31.2 Å². The standard InChI is InChI=1S/C16H22N2O2S/c1-4-6-14-16(11(2)17)21-15(18-14)10-20-13-8-5-7-12(9-13)19-3/h5,7-9,11H,4,6,10,17H2,1-3H3. The van der Waals surface area contributed by atoms with E-state index >= 15 is 0 Å². The number of hydrogen-bond acceptors (Lipinski definition) is 5. The van der Waals surface area contributed by atoms with Crippen molar-refractivity contribution in [1.29, 1.82) is 0 Å². The summed E-state index contributed by atoms with van der Waals surface area (Å²) < 4.78 is 11.0. The number of methoxy groups -OCH3 is 1. The minimum absolute atomic E-state index is 0.0228. The lowest BCUT2D eigenvalue weighted by atomic mass is 10.2. The maximum absolute atomic E-state index is 6.02. The van der Waals surface area contributed by atoms with Gasteiger partial charge in [0.2, 0.25) is 0 Å². The molecule has 0 spiro atoms. The molecule has 2 rings (SSSR count). The summed E-state index contributed by atoms with van der Waals surface area (Å²) in [7, 11) is 1.64. The Bertz CT molecular complexity index is 581. The van der Waals surface area contributed by atoms with Crippen LogP contribution in [0.25, 0.3) is 0 Å². The maximum atomic E-state index is 6.02. The Hall–Kier alpha value is -1.59. The first kappa shape index (κ1) is 15.8. The van der Waals surface area contributed by atoms with Crippen molar-refractivity contribution in [3.8, 4) is 11.5 Å². The molecule has 0 bridgehead atoms. The van der Waals surface area contributed by atoms with Crippen molar-refractivity contribution in [3.63, 3.8) is 0 Å². The van der Waals surface area contributed by atoms with Gasteiger partial charge in [-0.1, -0.05) is 19.4 Å². The van der Waals surface area contributed by atoms with E-state index in [4.69, 9.17) is 15.2 Å². The topological polar surface area (TPSA) is 57.4 Å². The summed E-state index contributed by atoms with van der Waals surface area (Å²) in [6.45, 7) is 4.61. The molecule has 0 radical (unpaired) electrons. The molecule has 0 saturated carbocycles. The predicted octanol–water partition coefficient (Wildman–Crippen LogP) is 3.70. The number of hydrogen-bond donors (Lipinski definition) is 1. The highest BCUT2D eigenvalue weighted by Gasteiger charge is 2.14. The minimum atomic E-state index is 0.0228. The Morgan fingerprint density at radius 1 is 1.33 bits per heavy atom. The van der Waals surface area contributed by atoms with E-state index in [9.17, 15) is 0 Å². The second-order valence-corrected chi connectivity index (χ2v) is 6.04. The number of aromatic nitrogens is 1. The van der Waals surface area contributed by atoms with E-state index in [1.54, 1.807) is 18.4 Å². The van der Waals surface area contributed by atoms with Gasteiger partial charge >= 0.3 is 0 Å². The minimum Gasteiger partial charge on any atom is -0.497 e. The molecular formula is C16H22N2O2S. The normalized spacial score (nSPS) is 12.2. The molecule has 0 fully saturated rings. The average molecular weight is 306 g/mol. The van der Waals surface area contributed by atoms with Gasteiger partial charge in [0.1, 0.15) is 23.1 Å². The van der Waals surface area contributed by atoms with E-state index in [0.717, 1.165) is 35.0 Å². The average Bonchev–Trinajstić information content (AvgIpc) is 2.89. The highest BCUT2D eigenvalue weighted by molar-refractivity contribution is 7.11. The number of aryl methyl sites for hydroxylation is 1. The van der Waals surface area contributed by atoms with Gasteiger partial charge in [-0.25, -0.2) is 4.98 Å². The van der Waals surface area contributed by atoms with Gasteiger partial charge in [-0.05, 0) is 25.5 Å². The smallest absolute Gasteiger partial charge is 0.140 e. The SMILES string of the molecule is CCCc1nc(COc2cccc(OC)c2)sc1C(C)N. The van der Waals surface area contributed by atoms with Crippen molar-refractivity contribution < 1.29 is 9.47 Å². The zero-order valence-electron chi connectivity index (χ0n) is 12.8. The van der Waals surface area contributed by atoms with Gasteiger partial charge in [-0.3, -0.25) is 0 Å². The Morgan fingerprint density at radius 3 is 2.76 bits per heavy atom. The van der Waals surface area contributed by atoms with Crippen LogP contribution in [0, 0.1) is 0 Å². The third-order valence-corrected chi connectivity index (χ3v) is 4.35. The lowest BCUT2D eigenvalue weighted by Gasteiger charge is -2.05. The van der Waals surface area contributed by atoms with Crippen LogP contribution in [0.2, 0.25) is 0 Å². The highest BCUT2D eigenvalue weighted by atomic mass is 32.1. The number of rotatable bonds is 7. The molecule has 0 aliphatic heterocycles. The summed E-state index contributed by atoms with van der Waals surface area (Å²) in [5.74, 6) is 1.57. The van der Waals surface area contributed by atoms with E-state index in [0.29, 0.717) is 6.61 Å². The fourth-order valence-corrected chi connectivity index (χ4v) is 3.06. The molecule has 0 amide bonds. The number of nitrogens with two attached hydrogens (primary N) is 1. The molecule has 1 heterocycles. The fourth-order valence-electron chi connectivity index (χ4n) is 2.08. The van der Waals surface area contributed by atoms with E-state index in [-0.39, 0.29) is 6.04 Å². The molecule has 5 heteroatoms. The second kappa shape index (κ2) is 7.43. The monoisotopic (exact) mass is 306 g/mol. The number of ether oxygens (including phenoxy) is 2. The van der Waals surface area contributed by atoms with Crippen LogP contribution in [0.3, 0.4) is 0 Å². The van der Waals surface area contributed by atoms with Crippen LogP contribution in [0.15, 0.2) is 24.3 Å². The van der Waals surface area contributed by atoms with E-state index in [2.05, 4.69) is 11.9 Å². The third kappa shape index (κ3) is 4.19. The first-order valence-electron chi connectivity index (χ1n) is 7.15. The van der Waals surface area contributed by atoms with Crippen molar-refractivity contribution in [2.24, 2.45) is 5.73 Å². The Kier molecular flexibility index (Phi) is 5.59. The van der Waals surface area contributed by atoms with Crippen molar-refractivity contribution >= 4 is 11.3 Å². The molecule has 1 aromatic carbocycles. The van der Waals surface area contributed by atoms with E-state index < -0.39 is 0 Å². The Morgan fingerprint density at radius 2 is 2.10 bits per heavy atom. The van der Waals surface area contributed by atoms with Crippen LogP contribution < -0.4 is 15.2 Å². The molecule has 4 nitrogen and oxygen atoms in total. The van der Waals surface area contributed by atoms with Gasteiger partial charge < -0.3 is 15.2 Å². The van der Waals surface area contributed by atoms with Gasteiger partial charge in [-0.2, -0.15) is 0 Å². The van der Waals surface area contributed by atoms with Gasteiger partial charge in [0, 0.05) is 17.0 Å². The van der Waals surface area contributed by atoms with Crippen molar-refractivity contribution in [1.82, 2.24) is 4.98 Å². The number of benzene rings is 1. The van der Waals surface area contributed by atoms with Crippen molar-refractivity contribution in [3.05, 3.63) is 39.8 Å². The summed E-state index contributed by atoms with van der Waals surface area (Å²) in [6.07, 6.45) is 2.03. The molecule has 1 aromatic heterocycles. The maximum Gasteiger partial charge on any atom is 0.140 e. The largest absolute Gasteiger partial charge is 0.497 e. The highest BCUT2D eigenvalue weighted by Crippen LogP contribution is 2.27. The lowest BCUT2D eigenvalue weighted by molar-refractivity contribution is 0.303. The number of thiazole rings is 1. The van der Waals surface area contributed by atoms with Crippen LogP contribution in [0.4, 0.5) is 0 Å². The summed E-state index contributed by atoms with van der Waals surface area (Å²) in [4.78, 5) is 5.83. The molecule has 2 N–H and O–H groups in total. The van der Waals surface area contributed by atoms with Crippen molar-refractivity contribution in [2.45, 2.75) is 39.3 Å². The van der Waals surface area contributed by atoms with Gasteiger partial charge in [-0.15, -0.1) is 11.3 Å². The first-order chi connectivity index (χ1) is 10.1. The van der Waals surface area contributed by atoms with E-state index in [1.165, 1.54) is 4.88 Å². The molecule has 1 unspecified atom stereocenters. The third-order valence-electron chi connectivity index (χ3n) is 3.08. The van der Waals surface area contributed by atoms with Crippen LogP contribution in [-0.4, -0.2) is 12.1 Å². The second-order valence-electron chi connectivity index (χ2n) is 4.92. The van der Waals surface area contributed by atoms with Crippen LogP contribution in [0.5, 0.6) is 11.5 Å². The van der Waals surface area contributed by atoms with Crippen molar-refractivity contribution in [2.75, 3.05) is 7.11 Å². The molecule has 2 aromatic rings. The molecule has 0 aliphatic rings. The van der Waals surface area contributed by atoms with Gasteiger partial charge in [0.05, 0.1) is 12.8 Å². The zero-order valence-corrected chi connectivity index (χ0v) is 13.6. The Labute approximate surface area is 129 Å². The van der Waals surface area contributed by atoms with Gasteiger partial charge in [0.25, 0.3) is 0 Å². The molecule has 1 atom stereocenters. The summed E-state index contributed by atoms with van der Waals surface area (Å²) in [5, 5.41) is 0.966. The zero-order chi connectivity index (χ0) is 15.2. The van der Waals surface area contributed by atoms with Crippen LogP contribution in [0.1, 0.15) is 41.9 Å². The number of nitrogens with zero attached hydrogens (tertiary/aromatic N) is 1. The predicted molar refractivity (Wildman–Crippen MR) is 86.0 cm³/mol. The van der Waals surface area contributed by atoms with Crippen LogP contribution in [-0.2, 0) is 13.0 Å². The quantitative estimate of drug-likeness (QED) is 0.847. The molecule has 0 aliphatic carbocycles. The fraction of sp³-hybridized carbons (Fsp3) is 0.438. The van der Waals surface area contributed by atoms with Gasteiger partial charge in [0.15, 0.2) is 0 Å². The molecule has 0 saturated heterocycles. The summed E-state index contributed by atoms with van der Waals surface area (Å²) in [6, 6.07) is 7.60.